The van der Waals surface area contributed by atoms with Gasteiger partial charge >= 0.3 is 5.97 Å². The number of rotatable bonds is 3. The first kappa shape index (κ1) is 11.5. The SMILES string of the molecule is O=C(O)Cc1coc(-c2ccc3ccccc3c2)n1. The minimum Gasteiger partial charge on any atom is -0.481 e. The molecule has 4 nitrogen and oxygen atoms in total. The van der Waals surface area contributed by atoms with Crippen LogP contribution in [-0.2, 0) is 11.2 Å². The van der Waals surface area contributed by atoms with Crippen LogP contribution in [0.2, 0.25) is 0 Å². The van der Waals surface area contributed by atoms with E-state index in [1.165, 1.54) is 6.26 Å². The second-order valence-corrected chi connectivity index (χ2v) is 4.28. The van der Waals surface area contributed by atoms with Gasteiger partial charge in [0, 0.05) is 5.56 Å². The van der Waals surface area contributed by atoms with Crippen LogP contribution >= 0.6 is 0 Å². The zero-order valence-corrected chi connectivity index (χ0v) is 10.0. The van der Waals surface area contributed by atoms with Crippen molar-refractivity contribution in [2.45, 2.75) is 6.42 Å². The Labute approximate surface area is 109 Å². The van der Waals surface area contributed by atoms with Gasteiger partial charge in [0.05, 0.1) is 12.1 Å². The van der Waals surface area contributed by atoms with E-state index in [0.29, 0.717) is 11.6 Å². The molecule has 0 amide bonds. The van der Waals surface area contributed by atoms with Crippen molar-refractivity contribution < 1.29 is 14.3 Å². The zero-order valence-electron chi connectivity index (χ0n) is 10.0. The first-order valence-electron chi connectivity index (χ1n) is 5.88. The summed E-state index contributed by atoms with van der Waals surface area (Å²) >= 11 is 0. The minimum atomic E-state index is -0.918. The molecule has 3 rings (SSSR count). The molecule has 0 aliphatic carbocycles. The molecule has 0 unspecified atom stereocenters. The van der Waals surface area contributed by atoms with Crippen molar-refractivity contribution in [3.63, 3.8) is 0 Å². The predicted octanol–water partition coefficient (Wildman–Crippen LogP) is 3.12. The number of aromatic nitrogens is 1. The summed E-state index contributed by atoms with van der Waals surface area (Å²) in [6.45, 7) is 0. The van der Waals surface area contributed by atoms with Crippen LogP contribution in [-0.4, -0.2) is 16.1 Å². The molecule has 0 atom stereocenters. The molecule has 0 saturated carbocycles. The fourth-order valence-corrected chi connectivity index (χ4v) is 2.00. The summed E-state index contributed by atoms with van der Waals surface area (Å²) < 4.78 is 5.33. The van der Waals surface area contributed by atoms with E-state index >= 15 is 0 Å². The van der Waals surface area contributed by atoms with Crippen LogP contribution in [0.15, 0.2) is 53.1 Å². The average Bonchev–Trinajstić information content (AvgIpc) is 2.86. The van der Waals surface area contributed by atoms with Crippen molar-refractivity contribution in [3.05, 3.63) is 54.4 Å². The van der Waals surface area contributed by atoms with E-state index in [-0.39, 0.29) is 6.42 Å². The van der Waals surface area contributed by atoms with E-state index in [9.17, 15) is 4.79 Å². The summed E-state index contributed by atoms with van der Waals surface area (Å²) in [5, 5.41) is 10.9. The Hall–Kier alpha value is -2.62. The Morgan fingerprint density at radius 2 is 1.95 bits per heavy atom. The Kier molecular flexibility index (Phi) is 2.76. The van der Waals surface area contributed by atoms with E-state index in [0.717, 1.165) is 16.3 Å². The van der Waals surface area contributed by atoms with Crippen LogP contribution in [0.1, 0.15) is 5.69 Å². The molecule has 0 fully saturated rings. The fraction of sp³-hybridized carbons (Fsp3) is 0.0667. The molecule has 0 aliphatic heterocycles. The molecule has 0 saturated heterocycles. The van der Waals surface area contributed by atoms with Crippen LogP contribution in [0.4, 0.5) is 0 Å². The largest absolute Gasteiger partial charge is 0.481 e. The van der Waals surface area contributed by atoms with Crippen molar-refractivity contribution >= 4 is 16.7 Å². The molecule has 3 aromatic rings. The topological polar surface area (TPSA) is 63.3 Å². The van der Waals surface area contributed by atoms with Crippen molar-refractivity contribution in [2.24, 2.45) is 0 Å². The maximum atomic E-state index is 10.6. The number of nitrogens with zero attached hydrogens (tertiary/aromatic N) is 1. The summed E-state index contributed by atoms with van der Waals surface area (Å²) in [6.07, 6.45) is 1.26. The van der Waals surface area contributed by atoms with Gasteiger partial charge in [0.25, 0.3) is 0 Å². The Morgan fingerprint density at radius 3 is 2.74 bits per heavy atom. The van der Waals surface area contributed by atoms with Crippen LogP contribution in [0.25, 0.3) is 22.2 Å². The Balaban J connectivity index is 1.99. The highest BCUT2D eigenvalue weighted by Gasteiger charge is 2.09. The van der Waals surface area contributed by atoms with E-state index in [1.807, 2.05) is 42.5 Å². The zero-order chi connectivity index (χ0) is 13.2. The highest BCUT2D eigenvalue weighted by Crippen LogP contribution is 2.23. The number of carboxylic acid groups (broad SMARTS) is 1. The second-order valence-electron chi connectivity index (χ2n) is 4.28. The number of oxazole rings is 1. The van der Waals surface area contributed by atoms with Crippen molar-refractivity contribution in [3.8, 4) is 11.5 Å². The molecular weight excluding hydrogens is 242 g/mol. The van der Waals surface area contributed by atoms with E-state index in [2.05, 4.69) is 4.98 Å². The molecule has 1 aromatic heterocycles. The van der Waals surface area contributed by atoms with E-state index in [4.69, 9.17) is 9.52 Å². The van der Waals surface area contributed by atoms with Gasteiger partial charge in [-0.05, 0) is 22.9 Å². The molecule has 4 heteroatoms. The van der Waals surface area contributed by atoms with Crippen LogP contribution in [0.3, 0.4) is 0 Å². The first-order chi connectivity index (χ1) is 9.22. The lowest BCUT2D eigenvalue weighted by Gasteiger charge is -1.99. The standard InChI is InChI=1S/C15H11NO3/c17-14(18)8-13-9-19-15(16-13)12-6-5-10-3-1-2-4-11(10)7-12/h1-7,9H,8H2,(H,17,18). The lowest BCUT2D eigenvalue weighted by molar-refractivity contribution is -0.136. The molecular formula is C15H11NO3. The van der Waals surface area contributed by atoms with Gasteiger partial charge in [0.1, 0.15) is 6.26 Å². The van der Waals surface area contributed by atoms with Gasteiger partial charge in [0.2, 0.25) is 5.89 Å². The second kappa shape index (κ2) is 4.57. The molecule has 1 heterocycles. The number of carboxylic acids is 1. The molecule has 0 bridgehead atoms. The van der Waals surface area contributed by atoms with Crippen molar-refractivity contribution in [1.82, 2.24) is 4.98 Å². The number of fused-ring (bicyclic) bond motifs is 1. The van der Waals surface area contributed by atoms with Crippen LogP contribution in [0, 0.1) is 0 Å². The number of hydrogen-bond donors (Lipinski definition) is 1. The van der Waals surface area contributed by atoms with Crippen molar-refractivity contribution in [1.29, 1.82) is 0 Å². The lowest BCUT2D eigenvalue weighted by atomic mass is 10.1. The number of hydrogen-bond acceptors (Lipinski definition) is 3. The van der Waals surface area contributed by atoms with Gasteiger partial charge in [-0.3, -0.25) is 4.79 Å². The maximum Gasteiger partial charge on any atom is 0.309 e. The minimum absolute atomic E-state index is 0.128. The third kappa shape index (κ3) is 2.33. The maximum absolute atomic E-state index is 10.6. The molecule has 0 radical (unpaired) electrons. The average molecular weight is 253 g/mol. The van der Waals surface area contributed by atoms with Gasteiger partial charge in [-0.1, -0.05) is 30.3 Å². The Morgan fingerprint density at radius 1 is 1.16 bits per heavy atom. The highest BCUT2D eigenvalue weighted by atomic mass is 16.4. The summed E-state index contributed by atoms with van der Waals surface area (Å²) in [5.41, 5.74) is 1.27. The summed E-state index contributed by atoms with van der Waals surface area (Å²) in [5.74, 6) is -0.472. The smallest absolute Gasteiger partial charge is 0.309 e. The van der Waals surface area contributed by atoms with Gasteiger partial charge in [-0.15, -0.1) is 0 Å². The summed E-state index contributed by atoms with van der Waals surface area (Å²) in [7, 11) is 0. The quantitative estimate of drug-likeness (QED) is 0.778. The number of carbonyl (C=O) groups is 1. The molecule has 94 valence electrons. The monoisotopic (exact) mass is 253 g/mol. The Bertz CT molecular complexity index is 746. The van der Waals surface area contributed by atoms with Crippen molar-refractivity contribution in [2.75, 3.05) is 0 Å². The summed E-state index contributed by atoms with van der Waals surface area (Å²) in [6, 6.07) is 13.9. The first-order valence-corrected chi connectivity index (χ1v) is 5.88. The predicted molar refractivity (Wildman–Crippen MR) is 70.8 cm³/mol. The van der Waals surface area contributed by atoms with E-state index < -0.39 is 5.97 Å². The van der Waals surface area contributed by atoms with E-state index in [1.54, 1.807) is 0 Å². The molecule has 1 N–H and O–H groups in total. The number of benzene rings is 2. The van der Waals surface area contributed by atoms with Gasteiger partial charge in [-0.2, -0.15) is 0 Å². The van der Waals surface area contributed by atoms with Gasteiger partial charge in [0.15, 0.2) is 0 Å². The van der Waals surface area contributed by atoms with Crippen LogP contribution in [0.5, 0.6) is 0 Å². The van der Waals surface area contributed by atoms with Crippen LogP contribution < -0.4 is 0 Å². The molecule has 0 spiro atoms. The third-order valence-electron chi connectivity index (χ3n) is 2.88. The van der Waals surface area contributed by atoms with Gasteiger partial charge in [-0.25, -0.2) is 4.98 Å². The lowest BCUT2D eigenvalue weighted by Crippen LogP contribution is -1.99. The summed E-state index contributed by atoms with van der Waals surface area (Å²) in [4.78, 5) is 14.8. The normalized spacial score (nSPS) is 10.7. The fourth-order valence-electron chi connectivity index (χ4n) is 2.00. The number of aliphatic carboxylic acids is 1. The third-order valence-corrected chi connectivity index (χ3v) is 2.88. The molecule has 19 heavy (non-hydrogen) atoms. The van der Waals surface area contributed by atoms with Gasteiger partial charge < -0.3 is 9.52 Å². The highest BCUT2D eigenvalue weighted by molar-refractivity contribution is 5.86. The molecule has 2 aromatic carbocycles. The molecule has 0 aliphatic rings.